The van der Waals surface area contributed by atoms with Gasteiger partial charge in [-0.3, -0.25) is 0 Å². The van der Waals surface area contributed by atoms with Crippen molar-refractivity contribution in [3.05, 3.63) is 12.7 Å². The first-order valence-electron chi connectivity index (χ1n) is 4.98. The molecule has 0 spiro atoms. The lowest BCUT2D eigenvalue weighted by atomic mass is 10.1. The lowest BCUT2D eigenvalue weighted by Crippen LogP contribution is -2.32. The zero-order valence-electron chi connectivity index (χ0n) is 9.12. The van der Waals surface area contributed by atoms with Gasteiger partial charge in [0.15, 0.2) is 0 Å². The minimum absolute atomic E-state index is 0.0947. The van der Waals surface area contributed by atoms with Gasteiger partial charge in [0.2, 0.25) is 6.33 Å². The highest BCUT2D eigenvalue weighted by Gasteiger charge is 2.20. The number of aryl methyl sites for hydroxylation is 1. The summed E-state index contributed by atoms with van der Waals surface area (Å²) >= 11 is 0. The Morgan fingerprint density at radius 1 is 1.38 bits per heavy atom. The van der Waals surface area contributed by atoms with Crippen LogP contribution in [0.2, 0.25) is 0 Å². The number of hydrogen-bond acceptors (Lipinski definition) is 1. The van der Waals surface area contributed by atoms with Gasteiger partial charge in [-0.15, -0.1) is 4.68 Å². The lowest BCUT2D eigenvalue weighted by molar-refractivity contribution is -0.698. The maximum atomic E-state index is 4.32. The summed E-state index contributed by atoms with van der Waals surface area (Å²) in [6.45, 7) is 9.75. The summed E-state index contributed by atoms with van der Waals surface area (Å²) in [6, 6.07) is 0. The van der Waals surface area contributed by atoms with Gasteiger partial charge in [-0.25, -0.2) is 4.57 Å². The first-order valence-corrected chi connectivity index (χ1v) is 4.98. The number of hydrogen-bond donors (Lipinski definition) is 0. The molecule has 0 atom stereocenters. The molecule has 1 heterocycles. The average molecular weight is 182 g/mol. The van der Waals surface area contributed by atoms with E-state index in [2.05, 4.69) is 43.7 Å². The first kappa shape index (κ1) is 10.2. The highest BCUT2D eigenvalue weighted by Crippen LogP contribution is 2.09. The summed E-state index contributed by atoms with van der Waals surface area (Å²) in [5.74, 6) is 0. The van der Waals surface area contributed by atoms with Crippen molar-refractivity contribution in [3.63, 3.8) is 0 Å². The van der Waals surface area contributed by atoms with Crippen LogP contribution in [0.3, 0.4) is 0 Å². The zero-order valence-corrected chi connectivity index (χ0v) is 9.12. The van der Waals surface area contributed by atoms with Gasteiger partial charge in [-0.2, -0.15) is 0 Å². The van der Waals surface area contributed by atoms with E-state index in [1.165, 1.54) is 12.8 Å². The van der Waals surface area contributed by atoms with E-state index < -0.39 is 0 Å². The van der Waals surface area contributed by atoms with E-state index in [0.29, 0.717) is 0 Å². The monoisotopic (exact) mass is 182 g/mol. The summed E-state index contributed by atoms with van der Waals surface area (Å²) in [5.41, 5.74) is 0.0947. The largest absolute Gasteiger partial charge is 0.265 e. The van der Waals surface area contributed by atoms with Crippen molar-refractivity contribution >= 4 is 0 Å². The molecule has 0 saturated carbocycles. The fourth-order valence-corrected chi connectivity index (χ4v) is 1.12. The molecule has 0 aliphatic carbocycles. The van der Waals surface area contributed by atoms with Gasteiger partial charge < -0.3 is 0 Å². The van der Waals surface area contributed by atoms with E-state index in [0.717, 1.165) is 6.54 Å². The van der Waals surface area contributed by atoms with Crippen molar-refractivity contribution < 1.29 is 4.57 Å². The van der Waals surface area contributed by atoms with Crippen molar-refractivity contribution in [2.45, 2.75) is 52.6 Å². The molecule has 0 radical (unpaired) electrons. The van der Waals surface area contributed by atoms with Crippen molar-refractivity contribution in [2.24, 2.45) is 0 Å². The zero-order chi connectivity index (χ0) is 9.90. The molecule has 0 aliphatic heterocycles. The van der Waals surface area contributed by atoms with Gasteiger partial charge in [-0.1, -0.05) is 13.3 Å². The SMILES string of the molecule is CCCC[n+]1cnn(C(C)(C)C)c1. The fourth-order valence-electron chi connectivity index (χ4n) is 1.12. The number of unbranched alkanes of at least 4 members (excludes halogenated alkanes) is 1. The Kier molecular flexibility index (Phi) is 3.07. The van der Waals surface area contributed by atoms with Crippen LogP contribution in [0.1, 0.15) is 40.5 Å². The van der Waals surface area contributed by atoms with E-state index in [-0.39, 0.29) is 5.54 Å². The molecule has 0 unspecified atom stereocenters. The second-order valence-corrected chi connectivity index (χ2v) is 4.45. The molecule has 74 valence electrons. The third-order valence-electron chi connectivity index (χ3n) is 2.04. The van der Waals surface area contributed by atoms with Gasteiger partial charge in [0.1, 0.15) is 5.54 Å². The maximum Gasteiger partial charge on any atom is 0.265 e. The topological polar surface area (TPSA) is 21.7 Å². The summed E-state index contributed by atoms with van der Waals surface area (Å²) in [7, 11) is 0. The smallest absolute Gasteiger partial charge is 0.237 e. The van der Waals surface area contributed by atoms with Gasteiger partial charge >= 0.3 is 0 Å². The molecule has 0 bridgehead atoms. The normalized spacial score (nSPS) is 12.0. The van der Waals surface area contributed by atoms with E-state index in [4.69, 9.17) is 0 Å². The van der Waals surface area contributed by atoms with E-state index in [9.17, 15) is 0 Å². The third kappa shape index (κ3) is 2.83. The van der Waals surface area contributed by atoms with Gasteiger partial charge in [0, 0.05) is 5.10 Å². The van der Waals surface area contributed by atoms with Crippen molar-refractivity contribution in [2.75, 3.05) is 0 Å². The highest BCUT2D eigenvalue weighted by atomic mass is 15.4. The van der Waals surface area contributed by atoms with Crippen LogP contribution in [-0.4, -0.2) is 9.78 Å². The standard InChI is InChI=1S/C10H20N3/c1-5-6-7-12-8-11-13(9-12)10(2,3)4/h8-9H,5-7H2,1-4H3/q+1. The van der Waals surface area contributed by atoms with Crippen molar-refractivity contribution in [1.29, 1.82) is 0 Å². The number of aromatic nitrogens is 3. The third-order valence-corrected chi connectivity index (χ3v) is 2.04. The quantitative estimate of drug-likeness (QED) is 0.652. The molecule has 0 fully saturated rings. The molecule has 3 nitrogen and oxygen atoms in total. The lowest BCUT2D eigenvalue weighted by Gasteiger charge is -2.10. The number of nitrogens with zero attached hydrogens (tertiary/aromatic N) is 3. The number of rotatable bonds is 3. The highest BCUT2D eigenvalue weighted by molar-refractivity contribution is 4.67. The Morgan fingerprint density at radius 3 is 2.54 bits per heavy atom. The second kappa shape index (κ2) is 3.90. The van der Waals surface area contributed by atoms with Crippen LogP contribution in [0.5, 0.6) is 0 Å². The average Bonchev–Trinajstić information content (AvgIpc) is 2.47. The Morgan fingerprint density at radius 2 is 2.08 bits per heavy atom. The predicted octanol–water partition coefficient (Wildman–Crippen LogP) is 1.73. The van der Waals surface area contributed by atoms with E-state index in [1.54, 1.807) is 0 Å². The van der Waals surface area contributed by atoms with Gasteiger partial charge in [-0.05, 0) is 27.2 Å². The second-order valence-electron chi connectivity index (χ2n) is 4.45. The fraction of sp³-hybridized carbons (Fsp3) is 0.800. The van der Waals surface area contributed by atoms with Crippen LogP contribution in [0.4, 0.5) is 0 Å². The van der Waals surface area contributed by atoms with Gasteiger partial charge in [0.25, 0.3) is 6.33 Å². The molecular weight excluding hydrogens is 162 g/mol. The maximum absolute atomic E-state index is 4.32. The van der Waals surface area contributed by atoms with E-state index in [1.807, 2.05) is 11.0 Å². The van der Waals surface area contributed by atoms with Crippen molar-refractivity contribution in [1.82, 2.24) is 9.78 Å². The molecule has 0 aliphatic rings. The summed E-state index contributed by atoms with van der Waals surface area (Å²) in [4.78, 5) is 0. The Balaban J connectivity index is 2.64. The molecule has 1 aromatic rings. The molecule has 1 aromatic heterocycles. The minimum atomic E-state index is 0.0947. The molecule has 0 N–H and O–H groups in total. The van der Waals surface area contributed by atoms with Gasteiger partial charge in [0.05, 0.1) is 6.54 Å². The first-order chi connectivity index (χ1) is 6.04. The van der Waals surface area contributed by atoms with Crippen LogP contribution in [0, 0.1) is 0 Å². The molecule has 3 heteroatoms. The van der Waals surface area contributed by atoms with Crippen molar-refractivity contribution in [3.8, 4) is 0 Å². The molecule has 0 aromatic carbocycles. The molecule has 13 heavy (non-hydrogen) atoms. The van der Waals surface area contributed by atoms with E-state index >= 15 is 0 Å². The summed E-state index contributed by atoms with van der Waals surface area (Å²) in [6.07, 6.45) is 6.44. The molecule has 0 amide bonds. The van der Waals surface area contributed by atoms with Crippen LogP contribution < -0.4 is 4.57 Å². The summed E-state index contributed by atoms with van der Waals surface area (Å²) in [5, 5.41) is 4.32. The van der Waals surface area contributed by atoms with Crippen LogP contribution in [0.25, 0.3) is 0 Å². The predicted molar refractivity (Wildman–Crippen MR) is 52.3 cm³/mol. The Bertz CT molecular complexity index is 257. The Hall–Kier alpha value is -0.860. The van der Waals surface area contributed by atoms with Crippen LogP contribution in [0.15, 0.2) is 12.7 Å². The Labute approximate surface area is 80.4 Å². The molecule has 1 rings (SSSR count). The van der Waals surface area contributed by atoms with Crippen LogP contribution >= 0.6 is 0 Å². The van der Waals surface area contributed by atoms with Crippen LogP contribution in [-0.2, 0) is 12.1 Å². The molecular formula is C10H20N3+. The molecule has 0 saturated heterocycles. The summed E-state index contributed by atoms with van der Waals surface area (Å²) < 4.78 is 4.15. The minimum Gasteiger partial charge on any atom is -0.237 e.